The van der Waals surface area contributed by atoms with E-state index in [-0.39, 0.29) is 11.5 Å². The van der Waals surface area contributed by atoms with Crippen LogP contribution in [0.3, 0.4) is 0 Å². The second-order valence-electron chi connectivity index (χ2n) is 10.8. The number of carbonyl (C=O) groups is 2. The molecule has 2 aromatic heterocycles. The van der Waals surface area contributed by atoms with Gasteiger partial charge in [0.05, 0.1) is 16.9 Å². The molecule has 2 aliphatic rings. The van der Waals surface area contributed by atoms with Crippen LogP contribution in [0.1, 0.15) is 59.8 Å². The third kappa shape index (κ3) is 6.83. The summed E-state index contributed by atoms with van der Waals surface area (Å²) in [5.41, 5.74) is 4.22. The Morgan fingerprint density at radius 3 is 2.41 bits per heavy atom. The van der Waals surface area contributed by atoms with Crippen molar-refractivity contribution in [3.8, 4) is 5.69 Å². The lowest BCUT2D eigenvalue weighted by Crippen LogP contribution is -2.44. The highest BCUT2D eigenvalue weighted by Gasteiger charge is 2.38. The molecule has 6 rings (SSSR count). The van der Waals surface area contributed by atoms with Gasteiger partial charge in [0, 0.05) is 49.6 Å². The third-order valence-corrected chi connectivity index (χ3v) is 8.37. The van der Waals surface area contributed by atoms with Gasteiger partial charge in [-0.25, -0.2) is 9.78 Å². The molecule has 0 radical (unpaired) electrons. The van der Waals surface area contributed by atoms with Crippen molar-refractivity contribution in [3.63, 3.8) is 0 Å². The van der Waals surface area contributed by atoms with Crippen molar-refractivity contribution in [1.29, 1.82) is 0 Å². The first-order chi connectivity index (χ1) is 21.0. The molecule has 2 aromatic carbocycles. The summed E-state index contributed by atoms with van der Waals surface area (Å²) < 4.78 is 33.5. The molecule has 4 aromatic rings. The van der Waals surface area contributed by atoms with E-state index in [4.69, 9.17) is 27.5 Å². The zero-order valence-electron chi connectivity index (χ0n) is 23.7. The summed E-state index contributed by atoms with van der Waals surface area (Å²) in [6.07, 6.45) is -0.895. The number of H-pyrrole nitrogens is 1. The lowest BCUT2D eigenvalue weighted by molar-refractivity contribution is -0.192. The topological polar surface area (TPSA) is 120 Å². The van der Waals surface area contributed by atoms with Crippen LogP contribution in [0.4, 0.5) is 13.2 Å². The summed E-state index contributed by atoms with van der Waals surface area (Å²) in [5, 5.41) is 11.1. The summed E-state index contributed by atoms with van der Waals surface area (Å²) in [5.74, 6) is -1.61. The molecule has 1 unspecified atom stereocenters. The lowest BCUT2D eigenvalue weighted by atomic mass is 9.84. The number of thiol groups is 1. The summed E-state index contributed by atoms with van der Waals surface area (Å²) >= 11 is 4.78. The number of hydrogen-bond acceptors (Lipinski definition) is 6. The molecule has 3 heterocycles. The number of benzene rings is 2. The van der Waals surface area contributed by atoms with Crippen LogP contribution in [0.15, 0.2) is 65.5 Å². The van der Waals surface area contributed by atoms with Crippen molar-refractivity contribution < 1.29 is 27.9 Å². The highest BCUT2D eigenvalue weighted by molar-refractivity contribution is 7.80. The van der Waals surface area contributed by atoms with Gasteiger partial charge in [-0.1, -0.05) is 42.8 Å². The van der Waals surface area contributed by atoms with Crippen molar-refractivity contribution >= 4 is 35.4 Å². The predicted octanol–water partition coefficient (Wildman–Crippen LogP) is 5.11. The Bertz CT molecular complexity index is 1670. The van der Waals surface area contributed by atoms with Gasteiger partial charge in [-0.2, -0.15) is 13.2 Å². The Balaban J connectivity index is 0.000000493. The molecular formula is C31H32F3N5O4S. The number of aliphatic carboxylic acids is 1. The van der Waals surface area contributed by atoms with Gasteiger partial charge in [0.1, 0.15) is 11.2 Å². The van der Waals surface area contributed by atoms with Gasteiger partial charge in [-0.15, -0.1) is 12.6 Å². The SMILES string of the molecule is O=C(CCNCc1cc2ccccc2[nH]1)N1CCc2nc(C3CCC3)n(-c3ccccc3)c(=O)c2C1S.O=C(O)C(F)(F)F. The van der Waals surface area contributed by atoms with Gasteiger partial charge >= 0.3 is 12.1 Å². The van der Waals surface area contributed by atoms with E-state index in [1.807, 2.05) is 42.5 Å². The van der Waals surface area contributed by atoms with Gasteiger partial charge < -0.3 is 20.3 Å². The molecule has 1 aliphatic heterocycles. The normalized spacial score (nSPS) is 16.5. The third-order valence-electron chi connectivity index (χ3n) is 7.83. The maximum absolute atomic E-state index is 13.9. The van der Waals surface area contributed by atoms with E-state index in [1.54, 1.807) is 9.47 Å². The molecule has 1 atom stereocenters. The number of carboxylic acid groups (broad SMARTS) is 1. The summed E-state index contributed by atoms with van der Waals surface area (Å²) in [7, 11) is 0. The molecule has 9 nitrogen and oxygen atoms in total. The van der Waals surface area contributed by atoms with Gasteiger partial charge in [0.25, 0.3) is 5.56 Å². The number of nitrogens with zero attached hydrogens (tertiary/aromatic N) is 3. The highest BCUT2D eigenvalue weighted by Crippen LogP contribution is 2.38. The van der Waals surface area contributed by atoms with Crippen molar-refractivity contribution in [2.45, 2.75) is 56.1 Å². The van der Waals surface area contributed by atoms with Gasteiger partial charge in [0.2, 0.25) is 5.91 Å². The average Bonchev–Trinajstić information content (AvgIpc) is 3.38. The number of nitrogens with one attached hydrogen (secondary N) is 2. The van der Waals surface area contributed by atoms with Crippen molar-refractivity contribution in [1.82, 2.24) is 24.8 Å². The number of rotatable bonds is 7. The first-order valence-electron chi connectivity index (χ1n) is 14.3. The number of carboxylic acids is 1. The molecule has 1 aliphatic carbocycles. The molecule has 0 saturated heterocycles. The van der Waals surface area contributed by atoms with E-state index >= 15 is 0 Å². The van der Waals surface area contributed by atoms with E-state index in [0.717, 1.165) is 47.7 Å². The molecule has 3 N–H and O–H groups in total. The average molecular weight is 628 g/mol. The quantitative estimate of drug-likeness (QED) is 0.167. The molecule has 1 fully saturated rings. The minimum absolute atomic E-state index is 0.0106. The van der Waals surface area contributed by atoms with Crippen molar-refractivity contribution in [2.75, 3.05) is 13.1 Å². The van der Waals surface area contributed by atoms with Crippen LogP contribution in [0.25, 0.3) is 16.6 Å². The van der Waals surface area contributed by atoms with Crippen molar-refractivity contribution in [3.05, 3.63) is 93.8 Å². The van der Waals surface area contributed by atoms with E-state index < -0.39 is 17.5 Å². The number of alkyl halides is 3. The lowest BCUT2D eigenvalue weighted by Gasteiger charge is -2.35. The fourth-order valence-electron chi connectivity index (χ4n) is 5.37. The van der Waals surface area contributed by atoms with Gasteiger partial charge in [-0.05, 0) is 42.5 Å². The number of amides is 1. The fourth-order valence-corrected chi connectivity index (χ4v) is 5.87. The van der Waals surface area contributed by atoms with E-state index in [9.17, 15) is 22.8 Å². The number of aromatic nitrogens is 3. The second kappa shape index (κ2) is 13.3. The molecule has 232 valence electrons. The van der Waals surface area contributed by atoms with Crippen LogP contribution >= 0.6 is 12.6 Å². The van der Waals surface area contributed by atoms with Gasteiger partial charge in [0.15, 0.2) is 0 Å². The zero-order chi connectivity index (χ0) is 31.4. The van der Waals surface area contributed by atoms with Crippen LogP contribution in [0.5, 0.6) is 0 Å². The standard InChI is InChI=1S/C29H31N5O2S.C2HF3O2/c35-25(13-15-30-18-21-17-20-7-4-5-12-23(20)31-21)33-16-14-24-26(29(33)37)28(36)34(22-10-2-1-3-11-22)27(32-24)19-8-6-9-19;3-2(4,5)1(6)7/h1-5,7,10-12,17,19,29-31,37H,6,8-9,13-16,18H2;(H,6,7). The van der Waals surface area contributed by atoms with E-state index in [0.29, 0.717) is 44.0 Å². The maximum atomic E-state index is 13.9. The van der Waals surface area contributed by atoms with Crippen LogP contribution in [-0.4, -0.2) is 55.7 Å². The minimum atomic E-state index is -5.08. The van der Waals surface area contributed by atoms with Crippen LogP contribution in [0.2, 0.25) is 0 Å². The second-order valence-corrected chi connectivity index (χ2v) is 11.2. The number of fused-ring (bicyclic) bond motifs is 2. The highest BCUT2D eigenvalue weighted by atomic mass is 32.1. The number of hydrogen-bond donors (Lipinski definition) is 4. The summed E-state index contributed by atoms with van der Waals surface area (Å²) in [6, 6.07) is 20.0. The smallest absolute Gasteiger partial charge is 0.475 e. The number of carbonyl (C=O) groups excluding carboxylic acids is 1. The Labute approximate surface area is 256 Å². The molecule has 1 saturated carbocycles. The molecule has 13 heteroatoms. The summed E-state index contributed by atoms with van der Waals surface area (Å²) in [6.45, 7) is 1.73. The Kier molecular flexibility index (Phi) is 9.45. The molecule has 0 bridgehead atoms. The minimum Gasteiger partial charge on any atom is -0.475 e. The van der Waals surface area contributed by atoms with Crippen LogP contribution in [0, 0.1) is 0 Å². The monoisotopic (exact) mass is 627 g/mol. The summed E-state index contributed by atoms with van der Waals surface area (Å²) in [4.78, 5) is 46.1. The molecular weight excluding hydrogens is 595 g/mol. The largest absolute Gasteiger partial charge is 0.490 e. The van der Waals surface area contributed by atoms with Crippen molar-refractivity contribution in [2.24, 2.45) is 0 Å². The van der Waals surface area contributed by atoms with E-state index in [1.165, 1.54) is 5.39 Å². The number of para-hydroxylation sites is 2. The van der Waals surface area contributed by atoms with Gasteiger partial charge in [-0.3, -0.25) is 14.2 Å². The molecule has 44 heavy (non-hydrogen) atoms. The number of halogens is 3. The first-order valence-corrected chi connectivity index (χ1v) is 14.8. The molecule has 0 spiro atoms. The maximum Gasteiger partial charge on any atom is 0.490 e. The Morgan fingerprint density at radius 1 is 1.09 bits per heavy atom. The molecule has 1 amide bonds. The van der Waals surface area contributed by atoms with E-state index in [2.05, 4.69) is 28.5 Å². The Hall–Kier alpha value is -4.10. The van der Waals surface area contributed by atoms with Crippen LogP contribution < -0.4 is 10.9 Å². The zero-order valence-corrected chi connectivity index (χ0v) is 24.6. The first kappa shape index (κ1) is 31.3. The number of aromatic amines is 1. The predicted molar refractivity (Wildman–Crippen MR) is 162 cm³/mol. The Morgan fingerprint density at radius 2 is 1.77 bits per heavy atom. The fraction of sp³-hybridized carbons (Fsp3) is 0.355. The van der Waals surface area contributed by atoms with Crippen LogP contribution in [-0.2, 0) is 22.6 Å².